The SMILES string of the molecule is CC(C)(c1ccc2cc(C(=O)Nc3cc(Cl)cc(Oc4ccc(Cl)cc4)c3)sc2c1)S(C)(=O)=O. The number of hydrogen-bond donors (Lipinski definition) is 1. The van der Waals surface area contributed by atoms with Crippen molar-refractivity contribution in [3.63, 3.8) is 0 Å². The molecule has 1 aromatic heterocycles. The number of benzene rings is 3. The summed E-state index contributed by atoms with van der Waals surface area (Å²) in [6.45, 7) is 3.35. The molecule has 4 aromatic rings. The highest BCUT2D eigenvalue weighted by Gasteiger charge is 2.32. The van der Waals surface area contributed by atoms with Gasteiger partial charge in [0.1, 0.15) is 11.5 Å². The van der Waals surface area contributed by atoms with Crippen molar-refractivity contribution < 1.29 is 17.9 Å². The van der Waals surface area contributed by atoms with E-state index in [9.17, 15) is 13.2 Å². The smallest absolute Gasteiger partial charge is 0.265 e. The summed E-state index contributed by atoms with van der Waals surface area (Å²) in [5.41, 5.74) is 1.16. The monoisotopic (exact) mass is 533 g/mol. The van der Waals surface area contributed by atoms with Gasteiger partial charge in [0.25, 0.3) is 5.91 Å². The molecule has 1 N–H and O–H groups in total. The fraction of sp³-hybridized carbons (Fsp3) is 0.160. The Morgan fingerprint density at radius 3 is 2.29 bits per heavy atom. The molecule has 5 nitrogen and oxygen atoms in total. The van der Waals surface area contributed by atoms with Crippen LogP contribution in [0.3, 0.4) is 0 Å². The van der Waals surface area contributed by atoms with Crippen LogP contribution in [-0.2, 0) is 14.6 Å². The molecule has 1 amide bonds. The fourth-order valence-electron chi connectivity index (χ4n) is 3.26. The van der Waals surface area contributed by atoms with Crippen LogP contribution in [0.1, 0.15) is 29.1 Å². The topological polar surface area (TPSA) is 72.5 Å². The fourth-order valence-corrected chi connectivity index (χ4v) is 5.16. The van der Waals surface area contributed by atoms with Crippen molar-refractivity contribution >= 4 is 66.1 Å². The first-order chi connectivity index (χ1) is 15.9. The van der Waals surface area contributed by atoms with Crippen LogP contribution >= 0.6 is 34.5 Å². The Morgan fingerprint density at radius 2 is 1.62 bits per heavy atom. The predicted octanol–water partition coefficient (Wildman–Crippen LogP) is 7.53. The molecule has 0 aliphatic heterocycles. The van der Waals surface area contributed by atoms with Gasteiger partial charge in [-0.25, -0.2) is 8.42 Å². The van der Waals surface area contributed by atoms with E-state index in [1.807, 2.05) is 12.1 Å². The summed E-state index contributed by atoms with van der Waals surface area (Å²) in [7, 11) is -3.31. The van der Waals surface area contributed by atoms with E-state index in [1.54, 1.807) is 68.4 Å². The van der Waals surface area contributed by atoms with Gasteiger partial charge in [0.05, 0.1) is 9.62 Å². The predicted molar refractivity (Wildman–Crippen MR) is 141 cm³/mol. The van der Waals surface area contributed by atoms with Gasteiger partial charge < -0.3 is 10.1 Å². The molecule has 176 valence electrons. The van der Waals surface area contributed by atoms with E-state index >= 15 is 0 Å². The lowest BCUT2D eigenvalue weighted by atomic mass is 10.0. The molecule has 0 fully saturated rings. The van der Waals surface area contributed by atoms with Gasteiger partial charge in [-0.15, -0.1) is 11.3 Å². The van der Waals surface area contributed by atoms with E-state index < -0.39 is 14.6 Å². The lowest BCUT2D eigenvalue weighted by Gasteiger charge is -2.23. The minimum Gasteiger partial charge on any atom is -0.457 e. The number of carbonyl (C=O) groups is 1. The zero-order chi connectivity index (χ0) is 24.7. The van der Waals surface area contributed by atoms with Gasteiger partial charge in [-0.3, -0.25) is 4.79 Å². The number of thiophene rings is 1. The van der Waals surface area contributed by atoms with E-state index in [0.717, 1.165) is 10.1 Å². The molecular formula is C25H21Cl2NO4S2. The number of carbonyl (C=O) groups excluding carboxylic acids is 1. The third-order valence-corrected chi connectivity index (χ3v) is 9.20. The Kier molecular flexibility index (Phi) is 6.66. The lowest BCUT2D eigenvalue weighted by molar-refractivity contribution is 0.103. The summed E-state index contributed by atoms with van der Waals surface area (Å²) in [5.74, 6) is 0.750. The number of anilines is 1. The molecule has 0 spiro atoms. The zero-order valence-corrected chi connectivity index (χ0v) is 21.7. The third-order valence-electron chi connectivity index (χ3n) is 5.54. The molecule has 9 heteroatoms. The van der Waals surface area contributed by atoms with Crippen LogP contribution in [0.5, 0.6) is 11.5 Å². The average Bonchev–Trinajstić information content (AvgIpc) is 3.18. The first kappa shape index (κ1) is 24.5. The number of fused-ring (bicyclic) bond motifs is 1. The van der Waals surface area contributed by atoms with Gasteiger partial charge >= 0.3 is 0 Å². The summed E-state index contributed by atoms with van der Waals surface area (Å²) in [6, 6.07) is 19.1. The van der Waals surface area contributed by atoms with Gasteiger partial charge in [-0.2, -0.15) is 0 Å². The Labute approximate surface area is 212 Å². The first-order valence-electron chi connectivity index (χ1n) is 10.2. The van der Waals surface area contributed by atoms with Crippen molar-refractivity contribution in [1.29, 1.82) is 0 Å². The van der Waals surface area contributed by atoms with Crippen LogP contribution in [-0.4, -0.2) is 20.6 Å². The highest BCUT2D eigenvalue weighted by molar-refractivity contribution is 7.91. The molecule has 34 heavy (non-hydrogen) atoms. The lowest BCUT2D eigenvalue weighted by Crippen LogP contribution is -2.27. The molecule has 0 aliphatic rings. The molecular weight excluding hydrogens is 513 g/mol. The Hall–Kier alpha value is -2.58. The molecule has 4 rings (SSSR count). The largest absolute Gasteiger partial charge is 0.457 e. The quantitative estimate of drug-likeness (QED) is 0.278. The van der Waals surface area contributed by atoms with Crippen molar-refractivity contribution in [1.82, 2.24) is 0 Å². The molecule has 0 saturated carbocycles. The summed E-state index contributed by atoms with van der Waals surface area (Å²) in [4.78, 5) is 13.4. The number of amides is 1. The standard InChI is InChI=1S/C25H21Cl2NO4S2/c1-25(2,34(3,30)31)16-5-4-15-10-23(33-22(15)11-16)24(29)28-19-12-18(27)13-21(14-19)32-20-8-6-17(26)7-9-20/h4-14H,1-3H3,(H,28,29). The van der Waals surface area contributed by atoms with Gasteiger partial charge in [-0.05, 0) is 73.3 Å². The Balaban J connectivity index is 1.57. The third kappa shape index (κ3) is 5.23. The van der Waals surface area contributed by atoms with Crippen LogP contribution in [0.15, 0.2) is 66.7 Å². The van der Waals surface area contributed by atoms with Crippen molar-refractivity contribution in [3.05, 3.63) is 87.2 Å². The molecule has 0 saturated heterocycles. The number of halogens is 2. The van der Waals surface area contributed by atoms with Crippen LogP contribution in [0.4, 0.5) is 5.69 Å². The van der Waals surface area contributed by atoms with Gasteiger partial charge in [0.15, 0.2) is 9.84 Å². The van der Waals surface area contributed by atoms with Gasteiger partial charge in [-0.1, -0.05) is 35.3 Å². The van der Waals surface area contributed by atoms with E-state index in [4.69, 9.17) is 27.9 Å². The van der Waals surface area contributed by atoms with Crippen molar-refractivity contribution in [2.75, 3.05) is 11.6 Å². The molecule has 0 radical (unpaired) electrons. The van der Waals surface area contributed by atoms with Gasteiger partial charge in [0, 0.05) is 32.8 Å². The first-order valence-corrected chi connectivity index (χ1v) is 13.7. The van der Waals surface area contributed by atoms with Crippen LogP contribution in [0.2, 0.25) is 10.0 Å². The highest BCUT2D eigenvalue weighted by atomic mass is 35.5. The second-order valence-corrected chi connectivity index (χ2v) is 12.9. The molecule has 0 unspecified atom stereocenters. The number of ether oxygens (including phenoxy) is 1. The molecule has 0 bridgehead atoms. The van der Waals surface area contributed by atoms with E-state index in [-0.39, 0.29) is 5.91 Å². The van der Waals surface area contributed by atoms with Crippen LogP contribution in [0.25, 0.3) is 10.1 Å². The second kappa shape index (κ2) is 9.23. The zero-order valence-electron chi connectivity index (χ0n) is 18.6. The Morgan fingerprint density at radius 1 is 0.912 bits per heavy atom. The number of rotatable bonds is 6. The Bertz CT molecular complexity index is 1490. The highest BCUT2D eigenvalue weighted by Crippen LogP contribution is 2.35. The van der Waals surface area contributed by atoms with E-state index in [0.29, 0.717) is 37.7 Å². The van der Waals surface area contributed by atoms with Crippen molar-refractivity contribution in [3.8, 4) is 11.5 Å². The second-order valence-electron chi connectivity index (χ2n) is 8.33. The molecule has 3 aromatic carbocycles. The number of nitrogens with one attached hydrogen (secondary N) is 1. The summed E-state index contributed by atoms with van der Waals surface area (Å²) in [5, 5.41) is 4.72. The maximum Gasteiger partial charge on any atom is 0.265 e. The minimum atomic E-state index is -3.31. The maximum atomic E-state index is 12.9. The van der Waals surface area contributed by atoms with Crippen LogP contribution in [0, 0.1) is 0 Å². The van der Waals surface area contributed by atoms with E-state index in [2.05, 4.69) is 5.32 Å². The summed E-state index contributed by atoms with van der Waals surface area (Å²) < 4.78 is 30.0. The maximum absolute atomic E-state index is 12.9. The summed E-state index contributed by atoms with van der Waals surface area (Å²) >= 11 is 13.4. The molecule has 0 atom stereocenters. The summed E-state index contributed by atoms with van der Waals surface area (Å²) in [6.07, 6.45) is 1.22. The molecule has 0 aliphatic carbocycles. The number of sulfone groups is 1. The van der Waals surface area contributed by atoms with Gasteiger partial charge in [0.2, 0.25) is 0 Å². The van der Waals surface area contributed by atoms with Crippen LogP contribution < -0.4 is 10.1 Å². The normalized spacial score (nSPS) is 12.0. The van der Waals surface area contributed by atoms with Crippen molar-refractivity contribution in [2.45, 2.75) is 18.6 Å². The van der Waals surface area contributed by atoms with Crippen molar-refractivity contribution in [2.24, 2.45) is 0 Å². The van der Waals surface area contributed by atoms with E-state index in [1.165, 1.54) is 17.6 Å². The average molecular weight is 534 g/mol. The molecule has 1 heterocycles. The number of hydrogen-bond acceptors (Lipinski definition) is 5. The minimum absolute atomic E-state index is 0.301.